The number of nitrogens with one attached hydrogen (secondary N) is 1. The van der Waals surface area contributed by atoms with Gasteiger partial charge < -0.3 is 19.5 Å². The monoisotopic (exact) mass is 553 g/mol. The average molecular weight is 554 g/mol. The maximum atomic E-state index is 13.8. The molecule has 0 aliphatic rings. The van der Waals surface area contributed by atoms with Crippen molar-refractivity contribution in [3.8, 4) is 17.2 Å². The average Bonchev–Trinajstić information content (AvgIpc) is 2.94. The first-order valence-electron chi connectivity index (χ1n) is 11.9. The third-order valence-electron chi connectivity index (χ3n) is 5.95. The highest BCUT2D eigenvalue weighted by molar-refractivity contribution is 8.00. The lowest BCUT2D eigenvalue weighted by Gasteiger charge is -2.19. The summed E-state index contributed by atoms with van der Waals surface area (Å²) >= 11 is 7.21. The normalized spacial score (nSPS) is 11.7. The van der Waals surface area contributed by atoms with Crippen LogP contribution in [0.1, 0.15) is 18.9 Å². The van der Waals surface area contributed by atoms with Gasteiger partial charge in [0.1, 0.15) is 5.75 Å². The molecule has 198 valence electrons. The summed E-state index contributed by atoms with van der Waals surface area (Å²) in [4.78, 5) is 31.8. The second-order valence-electron chi connectivity index (χ2n) is 8.37. The minimum Gasteiger partial charge on any atom is -0.497 e. The first kappa shape index (κ1) is 27.3. The quantitative estimate of drug-likeness (QED) is 0.201. The number of carbonyl (C=O) groups is 1. The van der Waals surface area contributed by atoms with Gasteiger partial charge in [-0.3, -0.25) is 14.2 Å². The predicted octanol–water partition coefficient (Wildman–Crippen LogP) is 5.63. The molecule has 0 aliphatic heterocycles. The fourth-order valence-corrected chi connectivity index (χ4v) is 5.01. The largest absolute Gasteiger partial charge is 0.497 e. The molecule has 38 heavy (non-hydrogen) atoms. The number of methoxy groups -OCH3 is 3. The van der Waals surface area contributed by atoms with Crippen molar-refractivity contribution in [3.05, 3.63) is 81.6 Å². The van der Waals surface area contributed by atoms with Crippen molar-refractivity contribution in [3.63, 3.8) is 0 Å². The van der Waals surface area contributed by atoms with Crippen LogP contribution in [0.5, 0.6) is 17.2 Å². The van der Waals surface area contributed by atoms with Crippen LogP contribution in [0.25, 0.3) is 10.9 Å². The molecule has 8 nitrogen and oxygen atoms in total. The number of fused-ring (bicyclic) bond motifs is 1. The predicted molar refractivity (Wildman–Crippen MR) is 151 cm³/mol. The Labute approximate surface area is 229 Å². The smallest absolute Gasteiger partial charge is 0.262 e. The number of hydrogen-bond donors (Lipinski definition) is 1. The first-order valence-corrected chi connectivity index (χ1v) is 13.1. The van der Waals surface area contributed by atoms with Crippen LogP contribution >= 0.6 is 23.4 Å². The molecule has 0 saturated heterocycles. The van der Waals surface area contributed by atoms with Gasteiger partial charge >= 0.3 is 0 Å². The number of amides is 1. The summed E-state index contributed by atoms with van der Waals surface area (Å²) < 4.78 is 17.7. The molecule has 1 atom stereocenters. The lowest BCUT2D eigenvalue weighted by atomic mass is 10.2. The molecular formula is C28H28ClN3O5S. The highest BCUT2D eigenvalue weighted by Gasteiger charge is 2.23. The Kier molecular flexibility index (Phi) is 8.81. The van der Waals surface area contributed by atoms with Crippen LogP contribution < -0.4 is 25.1 Å². The van der Waals surface area contributed by atoms with Crippen molar-refractivity contribution >= 4 is 45.9 Å². The van der Waals surface area contributed by atoms with Crippen LogP contribution in [0.15, 0.2) is 70.6 Å². The number of thioether (sulfide) groups is 1. The van der Waals surface area contributed by atoms with Crippen molar-refractivity contribution < 1.29 is 19.0 Å². The summed E-state index contributed by atoms with van der Waals surface area (Å²) in [6.45, 7) is 2.18. The SMILES string of the molecule is CC[C@@H](Sc1nc2cc(OC)c(OC)cc2c(=O)n1Cc1ccc(OC)cc1)C(=O)Nc1ccc(Cl)cc1. The maximum absolute atomic E-state index is 13.8. The van der Waals surface area contributed by atoms with E-state index in [9.17, 15) is 9.59 Å². The summed E-state index contributed by atoms with van der Waals surface area (Å²) in [6, 6.07) is 17.7. The van der Waals surface area contributed by atoms with Crippen molar-refractivity contribution in [1.82, 2.24) is 9.55 Å². The van der Waals surface area contributed by atoms with Crippen molar-refractivity contribution in [2.24, 2.45) is 0 Å². The van der Waals surface area contributed by atoms with Gasteiger partial charge in [-0.05, 0) is 54.4 Å². The van der Waals surface area contributed by atoms with E-state index in [4.69, 9.17) is 30.8 Å². The number of nitrogens with zero attached hydrogens (tertiary/aromatic N) is 2. The lowest BCUT2D eigenvalue weighted by Crippen LogP contribution is -2.28. The summed E-state index contributed by atoms with van der Waals surface area (Å²) in [5.74, 6) is 1.42. The van der Waals surface area contributed by atoms with Crippen molar-refractivity contribution in [2.75, 3.05) is 26.6 Å². The number of halogens is 1. The van der Waals surface area contributed by atoms with Gasteiger partial charge in [-0.25, -0.2) is 4.98 Å². The molecule has 1 amide bonds. The van der Waals surface area contributed by atoms with Gasteiger partial charge in [0.2, 0.25) is 5.91 Å². The van der Waals surface area contributed by atoms with E-state index in [1.165, 1.54) is 26.0 Å². The minimum absolute atomic E-state index is 0.197. The van der Waals surface area contributed by atoms with E-state index in [-0.39, 0.29) is 18.0 Å². The maximum Gasteiger partial charge on any atom is 0.262 e. The summed E-state index contributed by atoms with van der Waals surface area (Å²) in [7, 11) is 4.64. The van der Waals surface area contributed by atoms with Crippen LogP contribution in [-0.2, 0) is 11.3 Å². The molecule has 10 heteroatoms. The Hall–Kier alpha value is -3.69. The topological polar surface area (TPSA) is 91.7 Å². The van der Waals surface area contributed by atoms with Crippen molar-refractivity contribution in [1.29, 1.82) is 0 Å². The van der Waals surface area contributed by atoms with Gasteiger partial charge in [0.25, 0.3) is 5.56 Å². The van der Waals surface area contributed by atoms with Gasteiger partial charge in [0, 0.05) is 16.8 Å². The number of benzene rings is 3. The van der Waals surface area contributed by atoms with Crippen molar-refractivity contribution in [2.45, 2.75) is 30.3 Å². The van der Waals surface area contributed by atoms with Crippen LogP contribution in [0, 0.1) is 0 Å². The number of anilines is 1. The van der Waals surface area contributed by atoms with E-state index in [1.54, 1.807) is 48.1 Å². The van der Waals surface area contributed by atoms with E-state index < -0.39 is 5.25 Å². The Morgan fingerprint density at radius 3 is 2.26 bits per heavy atom. The molecule has 0 fully saturated rings. The Balaban J connectivity index is 1.76. The van der Waals surface area contributed by atoms with E-state index in [0.717, 1.165) is 5.56 Å². The molecule has 0 radical (unpaired) electrons. The zero-order valence-electron chi connectivity index (χ0n) is 21.5. The molecule has 3 aromatic carbocycles. The summed E-state index contributed by atoms with van der Waals surface area (Å²) in [6.07, 6.45) is 0.520. The number of hydrogen-bond acceptors (Lipinski definition) is 7. The molecular weight excluding hydrogens is 526 g/mol. The van der Waals surface area contributed by atoms with Gasteiger partial charge in [0.05, 0.1) is 44.0 Å². The highest BCUT2D eigenvalue weighted by Crippen LogP contribution is 2.32. The molecule has 4 rings (SSSR count). The highest BCUT2D eigenvalue weighted by atomic mass is 35.5. The van der Waals surface area contributed by atoms with Gasteiger partial charge in [-0.2, -0.15) is 0 Å². The fourth-order valence-electron chi connectivity index (χ4n) is 3.88. The molecule has 0 aliphatic carbocycles. The Morgan fingerprint density at radius 1 is 1.00 bits per heavy atom. The van der Waals surface area contributed by atoms with Gasteiger partial charge in [0.15, 0.2) is 16.7 Å². The Bertz CT molecular complexity index is 1490. The number of carbonyl (C=O) groups excluding carboxylic acids is 1. The van der Waals surface area contributed by atoms with Crippen LogP contribution in [0.3, 0.4) is 0 Å². The van der Waals surface area contributed by atoms with E-state index in [2.05, 4.69) is 5.32 Å². The molecule has 0 bridgehead atoms. The van der Waals surface area contributed by atoms with Gasteiger partial charge in [-0.15, -0.1) is 0 Å². The molecule has 1 heterocycles. The van der Waals surface area contributed by atoms with Crippen LogP contribution in [0.4, 0.5) is 5.69 Å². The molecule has 0 saturated carbocycles. The number of aromatic nitrogens is 2. The molecule has 4 aromatic rings. The number of rotatable bonds is 10. The Morgan fingerprint density at radius 2 is 1.66 bits per heavy atom. The number of ether oxygens (including phenoxy) is 3. The molecule has 0 unspecified atom stereocenters. The summed E-state index contributed by atoms with van der Waals surface area (Å²) in [5.41, 5.74) is 1.73. The zero-order valence-corrected chi connectivity index (χ0v) is 23.1. The van der Waals surface area contributed by atoms with E-state index in [0.29, 0.717) is 50.4 Å². The van der Waals surface area contributed by atoms with Crippen LogP contribution in [0.2, 0.25) is 5.02 Å². The molecule has 1 N–H and O–H groups in total. The minimum atomic E-state index is -0.503. The first-order chi connectivity index (χ1) is 18.4. The third kappa shape index (κ3) is 6.06. The molecule has 0 spiro atoms. The van der Waals surface area contributed by atoms with E-state index in [1.807, 2.05) is 31.2 Å². The zero-order chi connectivity index (χ0) is 27.2. The fraction of sp³-hybridized carbons (Fsp3) is 0.250. The summed E-state index contributed by atoms with van der Waals surface area (Å²) in [5, 5.41) is 3.81. The van der Waals surface area contributed by atoms with Crippen LogP contribution in [-0.4, -0.2) is 42.0 Å². The third-order valence-corrected chi connectivity index (χ3v) is 7.55. The van der Waals surface area contributed by atoms with Gasteiger partial charge in [-0.1, -0.05) is 42.4 Å². The standard InChI is InChI=1S/C28H28ClN3O5S/c1-5-25(26(33)30-19-10-8-18(29)9-11-19)38-28-31-22-15-24(37-4)23(36-3)14-21(22)27(34)32(28)16-17-6-12-20(35-2)13-7-17/h6-15,25H,5,16H2,1-4H3,(H,30,33)/t25-/m1/s1. The van der Waals surface area contributed by atoms with E-state index >= 15 is 0 Å². The second-order valence-corrected chi connectivity index (χ2v) is 9.98. The molecule has 1 aromatic heterocycles. The second kappa shape index (κ2) is 12.2. The lowest BCUT2D eigenvalue weighted by molar-refractivity contribution is -0.115.